The summed E-state index contributed by atoms with van der Waals surface area (Å²) < 4.78 is 0. The number of amides is 1. The van der Waals surface area contributed by atoms with Crippen LogP contribution >= 0.6 is 11.8 Å². The van der Waals surface area contributed by atoms with Crippen LogP contribution in [0.4, 0.5) is 0 Å². The highest BCUT2D eigenvalue weighted by Gasteiger charge is 2.21. The molecule has 0 bridgehead atoms. The van der Waals surface area contributed by atoms with Crippen LogP contribution in [-0.4, -0.2) is 17.7 Å². The van der Waals surface area contributed by atoms with Crippen LogP contribution in [-0.2, 0) is 12.8 Å². The molecule has 4 rings (SSSR count). The molecule has 1 N–H and O–H groups in total. The van der Waals surface area contributed by atoms with Gasteiger partial charge in [0.05, 0.1) is 0 Å². The first-order chi connectivity index (χ1) is 14.1. The van der Waals surface area contributed by atoms with Crippen LogP contribution in [0, 0.1) is 0 Å². The second-order valence-electron chi connectivity index (χ2n) is 7.29. The van der Waals surface area contributed by atoms with Crippen molar-refractivity contribution in [2.24, 2.45) is 0 Å². The quantitative estimate of drug-likeness (QED) is 0.629. The Balaban J connectivity index is 1.52. The van der Waals surface area contributed by atoms with E-state index < -0.39 is 0 Å². The molecule has 0 spiro atoms. The van der Waals surface area contributed by atoms with Crippen LogP contribution in [0.3, 0.4) is 0 Å². The van der Waals surface area contributed by atoms with Gasteiger partial charge in [-0.1, -0.05) is 67.2 Å². The molecule has 0 aromatic heterocycles. The van der Waals surface area contributed by atoms with E-state index in [9.17, 15) is 9.59 Å². The minimum absolute atomic E-state index is 0.0731. The third kappa shape index (κ3) is 4.43. The molecule has 1 aliphatic heterocycles. The van der Waals surface area contributed by atoms with Crippen LogP contribution in [0.5, 0.6) is 0 Å². The molecular formula is C25H23NO2S. The van der Waals surface area contributed by atoms with E-state index in [1.165, 1.54) is 5.56 Å². The van der Waals surface area contributed by atoms with E-state index in [2.05, 4.69) is 24.4 Å². The number of nitrogens with one attached hydrogen (secondary N) is 1. The molecule has 1 aliphatic rings. The van der Waals surface area contributed by atoms with Gasteiger partial charge >= 0.3 is 0 Å². The van der Waals surface area contributed by atoms with Crippen molar-refractivity contribution in [1.29, 1.82) is 0 Å². The maximum Gasteiger partial charge on any atom is 0.251 e. The molecule has 1 amide bonds. The van der Waals surface area contributed by atoms with Crippen molar-refractivity contribution in [3.63, 3.8) is 0 Å². The molecule has 3 nitrogen and oxygen atoms in total. The van der Waals surface area contributed by atoms with Gasteiger partial charge < -0.3 is 5.32 Å². The number of rotatable bonds is 5. The molecule has 146 valence electrons. The predicted octanol–water partition coefficient (Wildman–Crippen LogP) is 5.33. The van der Waals surface area contributed by atoms with Crippen molar-refractivity contribution in [2.45, 2.75) is 42.0 Å². The van der Waals surface area contributed by atoms with E-state index in [-0.39, 0.29) is 17.7 Å². The topological polar surface area (TPSA) is 46.2 Å². The van der Waals surface area contributed by atoms with Gasteiger partial charge in [0.15, 0.2) is 5.78 Å². The van der Waals surface area contributed by atoms with Crippen molar-refractivity contribution >= 4 is 23.5 Å². The molecule has 0 radical (unpaired) electrons. The monoisotopic (exact) mass is 401 g/mol. The maximum atomic E-state index is 12.9. The maximum absolute atomic E-state index is 12.9. The van der Waals surface area contributed by atoms with E-state index in [1.807, 2.05) is 60.7 Å². The zero-order valence-electron chi connectivity index (χ0n) is 16.4. The molecule has 0 aliphatic carbocycles. The van der Waals surface area contributed by atoms with Crippen LogP contribution in [0.1, 0.15) is 45.2 Å². The van der Waals surface area contributed by atoms with E-state index in [4.69, 9.17) is 0 Å². The third-order valence-electron chi connectivity index (χ3n) is 5.23. The lowest BCUT2D eigenvalue weighted by Gasteiger charge is -2.18. The average Bonchev–Trinajstić information content (AvgIpc) is 2.89. The number of carbonyl (C=O) groups excluding carboxylic acids is 2. The normalized spacial score (nSPS) is 13.8. The standard InChI is InChI=1S/C25H23NO2S/c1-2-20(14-17-8-4-3-5-9-17)26-25(28)18-12-13-23-19(15-18)16-22(27)21-10-6-7-11-24(21)29-23/h3-13,15,20H,2,14,16H2,1H3,(H,26,28). The van der Waals surface area contributed by atoms with E-state index >= 15 is 0 Å². The lowest BCUT2D eigenvalue weighted by molar-refractivity contribution is 0.0933. The Morgan fingerprint density at radius 3 is 2.55 bits per heavy atom. The summed E-state index contributed by atoms with van der Waals surface area (Å²) in [5, 5.41) is 3.15. The van der Waals surface area contributed by atoms with Crippen molar-refractivity contribution in [3.05, 3.63) is 95.1 Å². The van der Waals surface area contributed by atoms with Crippen LogP contribution in [0.15, 0.2) is 82.6 Å². The van der Waals surface area contributed by atoms with E-state index in [0.29, 0.717) is 12.0 Å². The molecule has 0 saturated carbocycles. The number of hydrogen-bond donors (Lipinski definition) is 1. The van der Waals surface area contributed by atoms with Gasteiger partial charge in [-0.05, 0) is 48.2 Å². The Morgan fingerprint density at radius 2 is 1.76 bits per heavy atom. The molecule has 1 unspecified atom stereocenters. The minimum atomic E-state index is -0.0882. The molecule has 1 heterocycles. The summed E-state index contributed by atoms with van der Waals surface area (Å²) in [6, 6.07) is 23.6. The van der Waals surface area contributed by atoms with Crippen LogP contribution < -0.4 is 5.32 Å². The summed E-state index contributed by atoms with van der Waals surface area (Å²) in [7, 11) is 0. The molecule has 29 heavy (non-hydrogen) atoms. The van der Waals surface area contributed by atoms with Crippen molar-refractivity contribution in [2.75, 3.05) is 0 Å². The van der Waals surface area contributed by atoms with Gasteiger partial charge in [0, 0.05) is 33.4 Å². The lowest BCUT2D eigenvalue weighted by atomic mass is 10.0. The van der Waals surface area contributed by atoms with Crippen molar-refractivity contribution < 1.29 is 9.59 Å². The average molecular weight is 402 g/mol. The highest BCUT2D eigenvalue weighted by Crippen LogP contribution is 2.37. The Kier molecular flexibility index (Phi) is 5.81. The van der Waals surface area contributed by atoms with Crippen LogP contribution in [0.25, 0.3) is 0 Å². The zero-order chi connectivity index (χ0) is 20.2. The van der Waals surface area contributed by atoms with Gasteiger partial charge in [0.25, 0.3) is 5.91 Å². The van der Waals surface area contributed by atoms with Crippen molar-refractivity contribution in [1.82, 2.24) is 5.32 Å². The van der Waals surface area contributed by atoms with Gasteiger partial charge in [-0.15, -0.1) is 0 Å². The van der Waals surface area contributed by atoms with Crippen LogP contribution in [0.2, 0.25) is 0 Å². The predicted molar refractivity (Wildman–Crippen MR) is 117 cm³/mol. The molecule has 3 aromatic rings. The molecule has 0 saturated heterocycles. The fourth-order valence-corrected chi connectivity index (χ4v) is 4.67. The van der Waals surface area contributed by atoms with Crippen molar-refractivity contribution in [3.8, 4) is 0 Å². The highest BCUT2D eigenvalue weighted by atomic mass is 32.2. The van der Waals surface area contributed by atoms with Gasteiger partial charge in [0.2, 0.25) is 0 Å². The van der Waals surface area contributed by atoms with Gasteiger partial charge in [0.1, 0.15) is 0 Å². The summed E-state index contributed by atoms with van der Waals surface area (Å²) in [4.78, 5) is 27.5. The van der Waals surface area contributed by atoms with Gasteiger partial charge in [-0.25, -0.2) is 0 Å². The summed E-state index contributed by atoms with van der Waals surface area (Å²) in [5.74, 6) is 0.00899. The Labute approximate surface area is 175 Å². The molecule has 3 aromatic carbocycles. The number of Topliss-reactive ketones (excluding diaryl/α,β-unsaturated/α-hetero) is 1. The summed E-state index contributed by atoms with van der Waals surface area (Å²) in [6.45, 7) is 2.08. The number of ketones is 1. The van der Waals surface area contributed by atoms with Gasteiger partial charge in [-0.3, -0.25) is 9.59 Å². The summed E-state index contributed by atoms with van der Waals surface area (Å²) in [5.41, 5.74) is 3.49. The molecular weight excluding hydrogens is 378 g/mol. The second-order valence-corrected chi connectivity index (χ2v) is 8.37. The number of carbonyl (C=O) groups is 2. The first-order valence-corrected chi connectivity index (χ1v) is 10.7. The molecule has 4 heteroatoms. The molecule has 1 atom stereocenters. The summed E-state index contributed by atoms with van der Waals surface area (Å²) >= 11 is 1.60. The Bertz CT molecular complexity index is 1050. The first-order valence-electron chi connectivity index (χ1n) is 9.92. The largest absolute Gasteiger partial charge is 0.349 e. The minimum Gasteiger partial charge on any atom is -0.349 e. The fourth-order valence-electron chi connectivity index (χ4n) is 3.60. The zero-order valence-corrected chi connectivity index (χ0v) is 17.2. The van der Waals surface area contributed by atoms with Gasteiger partial charge in [-0.2, -0.15) is 0 Å². The first kappa shape index (κ1) is 19.5. The van der Waals surface area contributed by atoms with E-state index in [0.717, 1.165) is 33.8 Å². The molecule has 0 fully saturated rings. The summed E-state index contributed by atoms with van der Waals surface area (Å²) in [6.07, 6.45) is 1.98. The smallest absolute Gasteiger partial charge is 0.251 e. The number of fused-ring (bicyclic) bond motifs is 2. The Hall–Kier alpha value is -2.85. The lowest BCUT2D eigenvalue weighted by Crippen LogP contribution is -2.36. The fraction of sp³-hybridized carbons (Fsp3) is 0.200. The third-order valence-corrected chi connectivity index (χ3v) is 6.43. The highest BCUT2D eigenvalue weighted by molar-refractivity contribution is 7.99. The number of benzene rings is 3. The SMILES string of the molecule is CCC(Cc1ccccc1)NC(=O)c1ccc2c(c1)CC(=O)c1ccccc1S2. The Morgan fingerprint density at radius 1 is 1.00 bits per heavy atom. The second kappa shape index (κ2) is 8.66. The van der Waals surface area contributed by atoms with E-state index in [1.54, 1.807) is 11.8 Å². The number of hydrogen-bond acceptors (Lipinski definition) is 3.